The van der Waals surface area contributed by atoms with Gasteiger partial charge >= 0.3 is 6.03 Å². The van der Waals surface area contributed by atoms with E-state index in [1.165, 1.54) is 4.90 Å². The van der Waals surface area contributed by atoms with E-state index in [1.54, 1.807) is 29.2 Å². The van der Waals surface area contributed by atoms with Crippen molar-refractivity contribution in [1.29, 1.82) is 0 Å². The van der Waals surface area contributed by atoms with E-state index < -0.39 is 5.54 Å². The highest BCUT2D eigenvalue weighted by Crippen LogP contribution is 2.48. The lowest BCUT2D eigenvalue weighted by Crippen LogP contribution is -2.52. The number of aromatic amines is 1. The van der Waals surface area contributed by atoms with E-state index >= 15 is 0 Å². The lowest BCUT2D eigenvalue weighted by atomic mass is 9.67. The van der Waals surface area contributed by atoms with Crippen LogP contribution in [0.3, 0.4) is 0 Å². The van der Waals surface area contributed by atoms with Gasteiger partial charge in [-0.2, -0.15) is 5.21 Å². The Morgan fingerprint density at radius 3 is 2.32 bits per heavy atom. The van der Waals surface area contributed by atoms with Crippen molar-refractivity contribution in [3.8, 4) is 0 Å². The van der Waals surface area contributed by atoms with Crippen LogP contribution in [0.1, 0.15) is 62.4 Å². The van der Waals surface area contributed by atoms with E-state index in [1.807, 2.05) is 30.3 Å². The van der Waals surface area contributed by atoms with E-state index in [0.717, 1.165) is 18.4 Å². The highest BCUT2D eigenvalue weighted by atomic mass is 16.2. The lowest BCUT2D eigenvalue weighted by molar-refractivity contribution is -0.127. The number of hydrogen-bond donors (Lipinski definition) is 2. The Morgan fingerprint density at radius 2 is 1.73 bits per heavy atom. The van der Waals surface area contributed by atoms with Crippen molar-refractivity contribution in [2.75, 3.05) is 10.2 Å². The predicted octanol–water partition coefficient (Wildman–Crippen LogP) is 4.40. The van der Waals surface area contributed by atoms with Gasteiger partial charge in [-0.15, -0.1) is 5.10 Å². The molecule has 3 aromatic rings. The molecular formula is C27H31N7O3. The first-order valence-electron chi connectivity index (χ1n) is 12.5. The number of aromatic nitrogens is 4. The second-order valence-corrected chi connectivity index (χ2v) is 10.9. The lowest BCUT2D eigenvalue weighted by Gasteiger charge is -2.44. The van der Waals surface area contributed by atoms with Crippen LogP contribution in [-0.2, 0) is 11.3 Å². The van der Waals surface area contributed by atoms with Gasteiger partial charge in [0.1, 0.15) is 5.54 Å². The average Bonchev–Trinajstić information content (AvgIpc) is 3.46. The zero-order valence-corrected chi connectivity index (χ0v) is 21.3. The molecular weight excluding hydrogens is 470 g/mol. The van der Waals surface area contributed by atoms with Crippen LogP contribution < -0.4 is 10.2 Å². The number of nitrogens with one attached hydrogen (secondary N) is 2. The third-order valence-corrected chi connectivity index (χ3v) is 7.72. The standard InChI is InChI=1S/C27H31N7O3/c1-26(2,3)20-13-15-27(16-14-20)23(36)34(21-7-5-4-6-8-21)25(37)33(27)17-18-9-11-19(12-10-18)22(35)28-24-29-31-32-30-24/h4-12,20H,13-17H2,1-3H3,(H2,28,29,30,31,32,35). The summed E-state index contributed by atoms with van der Waals surface area (Å²) in [7, 11) is 0. The number of nitrogens with zero attached hydrogens (tertiary/aromatic N) is 5. The summed E-state index contributed by atoms with van der Waals surface area (Å²) in [5.74, 6) is 0.0643. The summed E-state index contributed by atoms with van der Waals surface area (Å²) >= 11 is 0. The van der Waals surface area contributed by atoms with Gasteiger partial charge in [0, 0.05) is 12.1 Å². The fourth-order valence-electron chi connectivity index (χ4n) is 5.52. The van der Waals surface area contributed by atoms with Crippen molar-refractivity contribution >= 4 is 29.5 Å². The largest absolute Gasteiger partial charge is 0.332 e. The van der Waals surface area contributed by atoms with Crippen LogP contribution in [0.15, 0.2) is 54.6 Å². The number of anilines is 2. The minimum Gasteiger partial charge on any atom is -0.305 e. The van der Waals surface area contributed by atoms with E-state index in [9.17, 15) is 14.4 Å². The Balaban J connectivity index is 1.40. The van der Waals surface area contributed by atoms with Gasteiger partial charge < -0.3 is 4.90 Å². The van der Waals surface area contributed by atoms with Crippen molar-refractivity contribution in [2.24, 2.45) is 11.3 Å². The molecule has 1 aromatic heterocycles. The van der Waals surface area contributed by atoms with Crippen LogP contribution in [-0.4, -0.2) is 48.9 Å². The molecule has 1 saturated carbocycles. The fraction of sp³-hybridized carbons (Fsp3) is 0.407. The third-order valence-electron chi connectivity index (χ3n) is 7.72. The minimum absolute atomic E-state index is 0.0871. The Morgan fingerprint density at radius 1 is 1.05 bits per heavy atom. The molecule has 1 saturated heterocycles. The number of rotatable bonds is 5. The number of hydrogen-bond acceptors (Lipinski definition) is 6. The number of H-pyrrole nitrogens is 1. The van der Waals surface area contributed by atoms with Gasteiger partial charge in [0.2, 0.25) is 0 Å². The second kappa shape index (κ2) is 9.42. The molecule has 2 aromatic carbocycles. The van der Waals surface area contributed by atoms with E-state index in [2.05, 4.69) is 46.7 Å². The van der Waals surface area contributed by atoms with Gasteiger partial charge in [-0.25, -0.2) is 9.69 Å². The van der Waals surface area contributed by atoms with E-state index in [0.29, 0.717) is 30.0 Å². The average molecular weight is 502 g/mol. The molecule has 2 aliphatic rings. The van der Waals surface area contributed by atoms with Crippen molar-refractivity contribution < 1.29 is 14.4 Å². The Kier molecular flexibility index (Phi) is 6.26. The first-order valence-corrected chi connectivity index (χ1v) is 12.5. The van der Waals surface area contributed by atoms with E-state index in [-0.39, 0.29) is 35.8 Å². The minimum atomic E-state index is -0.872. The van der Waals surface area contributed by atoms with Crippen molar-refractivity contribution in [3.05, 3.63) is 65.7 Å². The molecule has 2 heterocycles. The quantitative estimate of drug-likeness (QED) is 0.500. The van der Waals surface area contributed by atoms with Crippen molar-refractivity contribution in [3.63, 3.8) is 0 Å². The van der Waals surface area contributed by atoms with E-state index in [4.69, 9.17) is 0 Å². The van der Waals surface area contributed by atoms with Crippen LogP contribution in [0.5, 0.6) is 0 Å². The summed E-state index contributed by atoms with van der Waals surface area (Å²) in [5, 5.41) is 15.7. The summed E-state index contributed by atoms with van der Waals surface area (Å²) in [4.78, 5) is 43.3. The maximum Gasteiger partial charge on any atom is 0.332 e. The summed E-state index contributed by atoms with van der Waals surface area (Å²) in [6.45, 7) is 6.99. The first kappa shape index (κ1) is 24.6. The number of carbonyl (C=O) groups is 3. The molecule has 0 atom stereocenters. The van der Waals surface area contributed by atoms with Gasteiger partial charge in [0.05, 0.1) is 5.69 Å². The number of amides is 4. The number of carbonyl (C=O) groups excluding carboxylic acids is 3. The maximum absolute atomic E-state index is 13.9. The highest BCUT2D eigenvalue weighted by Gasteiger charge is 2.58. The molecule has 10 nitrogen and oxygen atoms in total. The van der Waals surface area contributed by atoms with Gasteiger partial charge in [-0.1, -0.05) is 56.2 Å². The monoisotopic (exact) mass is 501 g/mol. The summed E-state index contributed by atoms with van der Waals surface area (Å²) in [6, 6.07) is 15.8. The topological polar surface area (TPSA) is 124 Å². The highest BCUT2D eigenvalue weighted by molar-refractivity contribution is 6.23. The Labute approximate surface area is 215 Å². The normalized spacial score (nSPS) is 22.1. The summed E-state index contributed by atoms with van der Waals surface area (Å²) in [5.41, 5.74) is 1.12. The number of urea groups is 1. The maximum atomic E-state index is 13.9. The molecule has 0 radical (unpaired) electrons. The number of tetrazole rings is 1. The van der Waals surface area contributed by atoms with Gasteiger partial charge in [0.25, 0.3) is 17.8 Å². The van der Waals surface area contributed by atoms with Gasteiger partial charge in [0.15, 0.2) is 0 Å². The number of benzene rings is 2. The molecule has 5 rings (SSSR count). The molecule has 0 unspecified atom stereocenters. The fourth-order valence-corrected chi connectivity index (χ4v) is 5.52. The molecule has 4 amide bonds. The van der Waals surface area contributed by atoms with Crippen molar-refractivity contribution in [1.82, 2.24) is 25.5 Å². The third kappa shape index (κ3) is 4.59. The summed E-state index contributed by atoms with van der Waals surface area (Å²) in [6.07, 6.45) is 3.04. The number of para-hydroxylation sites is 1. The molecule has 1 aliphatic heterocycles. The second-order valence-electron chi connectivity index (χ2n) is 10.9. The van der Waals surface area contributed by atoms with Gasteiger partial charge in [-0.3, -0.25) is 14.9 Å². The zero-order chi connectivity index (χ0) is 26.2. The molecule has 10 heteroatoms. The van der Waals surface area contributed by atoms with Crippen LogP contribution in [0.4, 0.5) is 16.4 Å². The van der Waals surface area contributed by atoms with Crippen LogP contribution in [0.2, 0.25) is 0 Å². The first-order chi connectivity index (χ1) is 17.7. The Bertz CT molecular complexity index is 1280. The SMILES string of the molecule is CC(C)(C)C1CCC2(CC1)C(=O)N(c1ccccc1)C(=O)N2Cc1ccc(C(=O)Nc2nn[nH]n2)cc1. The molecule has 2 N–H and O–H groups in total. The van der Waals surface area contributed by atoms with Crippen LogP contribution in [0.25, 0.3) is 0 Å². The number of imide groups is 1. The smallest absolute Gasteiger partial charge is 0.305 e. The molecule has 37 heavy (non-hydrogen) atoms. The Hall–Kier alpha value is -4.08. The molecule has 1 spiro atoms. The summed E-state index contributed by atoms with van der Waals surface area (Å²) < 4.78 is 0. The molecule has 2 fully saturated rings. The van der Waals surface area contributed by atoms with Crippen LogP contribution in [0, 0.1) is 11.3 Å². The van der Waals surface area contributed by atoms with Crippen LogP contribution >= 0.6 is 0 Å². The van der Waals surface area contributed by atoms with Gasteiger partial charge in [-0.05, 0) is 72.1 Å². The predicted molar refractivity (Wildman–Crippen MR) is 138 cm³/mol. The zero-order valence-electron chi connectivity index (χ0n) is 21.3. The molecule has 192 valence electrons. The molecule has 1 aliphatic carbocycles. The molecule has 0 bridgehead atoms. The van der Waals surface area contributed by atoms with Crippen molar-refractivity contribution in [2.45, 2.75) is 58.5 Å².